The minimum absolute atomic E-state index is 0.173. The van der Waals surface area contributed by atoms with E-state index in [0.717, 1.165) is 31.4 Å². The molecule has 0 spiro atoms. The summed E-state index contributed by atoms with van der Waals surface area (Å²) in [6.45, 7) is 4.71. The lowest BCUT2D eigenvalue weighted by molar-refractivity contribution is 0.101. The smallest absolute Gasteiger partial charge is 0.319 e. The van der Waals surface area contributed by atoms with Gasteiger partial charge in [-0.25, -0.2) is 4.79 Å². The predicted molar refractivity (Wildman–Crippen MR) is 80.9 cm³/mol. The lowest BCUT2D eigenvalue weighted by atomic mass is 9.87. The van der Waals surface area contributed by atoms with Gasteiger partial charge in [0, 0.05) is 12.2 Å². The van der Waals surface area contributed by atoms with E-state index in [1.165, 1.54) is 11.1 Å². The van der Waals surface area contributed by atoms with Crippen molar-refractivity contribution in [1.29, 1.82) is 0 Å². The number of carbonyl (C=O) groups is 1. The van der Waals surface area contributed by atoms with Gasteiger partial charge in [-0.1, -0.05) is 12.5 Å². The van der Waals surface area contributed by atoms with E-state index in [-0.39, 0.29) is 12.1 Å². The van der Waals surface area contributed by atoms with Crippen molar-refractivity contribution in [3.8, 4) is 0 Å². The summed E-state index contributed by atoms with van der Waals surface area (Å²) < 4.78 is 0. The summed E-state index contributed by atoms with van der Waals surface area (Å²) in [7, 11) is 0. The molecule has 0 aliphatic heterocycles. The number of rotatable bonds is 3. The van der Waals surface area contributed by atoms with Crippen LogP contribution < -0.4 is 10.6 Å². The van der Waals surface area contributed by atoms with Crippen LogP contribution in [0.2, 0.25) is 0 Å². The molecule has 0 bridgehead atoms. The van der Waals surface area contributed by atoms with Crippen molar-refractivity contribution in [1.82, 2.24) is 5.32 Å². The predicted octanol–water partition coefficient (Wildman–Crippen LogP) is 2.98. The summed E-state index contributed by atoms with van der Waals surface area (Å²) in [4.78, 5) is 11.8. The van der Waals surface area contributed by atoms with Crippen LogP contribution in [0.15, 0.2) is 18.2 Å². The highest BCUT2D eigenvalue weighted by molar-refractivity contribution is 5.89. The molecule has 2 atom stereocenters. The molecule has 1 aliphatic carbocycles. The van der Waals surface area contributed by atoms with E-state index in [2.05, 4.69) is 10.6 Å². The van der Waals surface area contributed by atoms with Gasteiger partial charge in [0.25, 0.3) is 0 Å². The number of hydrogen-bond donors (Lipinski definition) is 3. The fourth-order valence-corrected chi connectivity index (χ4v) is 2.68. The molecule has 4 heteroatoms. The fourth-order valence-electron chi connectivity index (χ4n) is 2.68. The highest BCUT2D eigenvalue weighted by Crippen LogP contribution is 2.23. The van der Waals surface area contributed by atoms with Crippen molar-refractivity contribution >= 4 is 11.7 Å². The normalized spacial score (nSPS) is 22.4. The molecule has 2 amide bonds. The van der Waals surface area contributed by atoms with Crippen molar-refractivity contribution < 1.29 is 9.90 Å². The minimum Gasteiger partial charge on any atom is -0.393 e. The largest absolute Gasteiger partial charge is 0.393 e. The van der Waals surface area contributed by atoms with Crippen molar-refractivity contribution in [3.63, 3.8) is 0 Å². The van der Waals surface area contributed by atoms with Crippen molar-refractivity contribution in [2.24, 2.45) is 5.92 Å². The molecule has 110 valence electrons. The summed E-state index contributed by atoms with van der Waals surface area (Å²) >= 11 is 0. The number of aliphatic hydroxyl groups excluding tert-OH is 1. The molecule has 1 fully saturated rings. The van der Waals surface area contributed by atoms with Crippen LogP contribution in [0.1, 0.15) is 36.8 Å². The van der Waals surface area contributed by atoms with Crippen molar-refractivity contribution in [2.75, 3.05) is 11.9 Å². The van der Waals surface area contributed by atoms with Crippen molar-refractivity contribution in [2.45, 2.75) is 45.6 Å². The Balaban J connectivity index is 1.78. The molecule has 0 saturated heterocycles. The Morgan fingerprint density at radius 3 is 2.80 bits per heavy atom. The van der Waals surface area contributed by atoms with E-state index >= 15 is 0 Å². The van der Waals surface area contributed by atoms with Crippen LogP contribution in [-0.2, 0) is 0 Å². The van der Waals surface area contributed by atoms with E-state index in [1.54, 1.807) is 0 Å². The molecular weight excluding hydrogens is 252 g/mol. The first kappa shape index (κ1) is 14.9. The highest BCUT2D eigenvalue weighted by atomic mass is 16.3. The summed E-state index contributed by atoms with van der Waals surface area (Å²) in [5, 5.41) is 15.4. The molecule has 1 aromatic rings. The van der Waals surface area contributed by atoms with E-state index in [1.807, 2.05) is 32.0 Å². The van der Waals surface area contributed by atoms with Gasteiger partial charge in [-0.2, -0.15) is 0 Å². The average Bonchev–Trinajstić information content (AvgIpc) is 2.41. The maximum absolute atomic E-state index is 11.8. The molecule has 2 rings (SSSR count). The number of anilines is 1. The third kappa shape index (κ3) is 4.23. The molecule has 20 heavy (non-hydrogen) atoms. The first-order valence-corrected chi connectivity index (χ1v) is 7.35. The maximum atomic E-state index is 11.8. The number of hydrogen-bond acceptors (Lipinski definition) is 2. The topological polar surface area (TPSA) is 61.4 Å². The number of aryl methyl sites for hydroxylation is 2. The second-order valence-electron chi connectivity index (χ2n) is 5.82. The Labute approximate surface area is 120 Å². The zero-order chi connectivity index (χ0) is 14.5. The van der Waals surface area contributed by atoms with Crippen LogP contribution in [0.3, 0.4) is 0 Å². The Bertz CT molecular complexity index is 474. The number of nitrogens with one attached hydrogen (secondary N) is 2. The fraction of sp³-hybridized carbons (Fsp3) is 0.562. The first-order valence-electron chi connectivity index (χ1n) is 7.35. The van der Waals surface area contributed by atoms with E-state index in [0.29, 0.717) is 12.5 Å². The maximum Gasteiger partial charge on any atom is 0.319 e. The minimum atomic E-state index is -0.196. The lowest BCUT2D eigenvalue weighted by Crippen LogP contribution is -2.35. The number of aliphatic hydroxyl groups is 1. The second kappa shape index (κ2) is 6.75. The van der Waals surface area contributed by atoms with Crippen LogP contribution in [-0.4, -0.2) is 23.8 Å². The zero-order valence-electron chi connectivity index (χ0n) is 12.3. The Morgan fingerprint density at radius 2 is 2.10 bits per heavy atom. The molecular formula is C16H24N2O2. The van der Waals surface area contributed by atoms with Gasteiger partial charge in [0.1, 0.15) is 0 Å². The van der Waals surface area contributed by atoms with Gasteiger partial charge in [0.2, 0.25) is 0 Å². The molecule has 0 aromatic heterocycles. The van der Waals surface area contributed by atoms with E-state index in [9.17, 15) is 9.90 Å². The van der Waals surface area contributed by atoms with Gasteiger partial charge in [-0.15, -0.1) is 0 Å². The van der Waals surface area contributed by atoms with E-state index in [4.69, 9.17) is 0 Å². The van der Waals surface area contributed by atoms with Gasteiger partial charge in [0.05, 0.1) is 6.10 Å². The number of urea groups is 1. The van der Waals surface area contributed by atoms with Crippen molar-refractivity contribution in [3.05, 3.63) is 29.3 Å². The monoisotopic (exact) mass is 276 g/mol. The average molecular weight is 276 g/mol. The lowest BCUT2D eigenvalue weighted by Gasteiger charge is -2.25. The number of benzene rings is 1. The molecule has 2 unspecified atom stereocenters. The molecule has 0 radical (unpaired) electrons. The van der Waals surface area contributed by atoms with Gasteiger partial charge in [-0.05, 0) is 62.3 Å². The van der Waals surface area contributed by atoms with Gasteiger partial charge >= 0.3 is 6.03 Å². The van der Waals surface area contributed by atoms with Crippen LogP contribution in [0, 0.1) is 19.8 Å². The molecule has 4 nitrogen and oxygen atoms in total. The molecule has 1 aromatic carbocycles. The highest BCUT2D eigenvalue weighted by Gasteiger charge is 2.20. The number of amides is 2. The summed E-state index contributed by atoms with van der Waals surface area (Å²) in [5.74, 6) is 0.393. The standard InChI is InChI=1S/C16H24N2O2/c1-11-6-7-14(8-12(11)2)18-16(20)17-10-13-4-3-5-15(19)9-13/h6-8,13,15,19H,3-5,9-10H2,1-2H3,(H2,17,18,20). The molecule has 3 N–H and O–H groups in total. The SMILES string of the molecule is Cc1ccc(NC(=O)NCC2CCCC(O)C2)cc1C. The quantitative estimate of drug-likeness (QED) is 0.795. The Morgan fingerprint density at radius 1 is 1.30 bits per heavy atom. The Kier molecular flexibility index (Phi) is 5.01. The molecule has 1 saturated carbocycles. The van der Waals surface area contributed by atoms with Crippen LogP contribution in [0.5, 0.6) is 0 Å². The van der Waals surface area contributed by atoms with E-state index < -0.39 is 0 Å². The second-order valence-corrected chi connectivity index (χ2v) is 5.82. The third-order valence-corrected chi connectivity index (χ3v) is 4.07. The Hall–Kier alpha value is -1.55. The van der Waals surface area contributed by atoms with Gasteiger partial charge in [0.15, 0.2) is 0 Å². The summed E-state index contributed by atoms with van der Waals surface area (Å²) in [6, 6.07) is 5.71. The zero-order valence-corrected chi connectivity index (χ0v) is 12.3. The molecule has 1 aliphatic rings. The molecule has 0 heterocycles. The van der Waals surface area contributed by atoms with Gasteiger partial charge < -0.3 is 15.7 Å². The van der Waals surface area contributed by atoms with Crippen LogP contribution in [0.4, 0.5) is 10.5 Å². The summed E-state index contributed by atoms with van der Waals surface area (Å²) in [6.07, 6.45) is 3.63. The van der Waals surface area contributed by atoms with Crippen LogP contribution in [0.25, 0.3) is 0 Å². The first-order chi connectivity index (χ1) is 9.54. The van der Waals surface area contributed by atoms with Crippen LogP contribution >= 0.6 is 0 Å². The summed E-state index contributed by atoms with van der Waals surface area (Å²) in [5.41, 5.74) is 3.19. The van der Waals surface area contributed by atoms with Gasteiger partial charge in [-0.3, -0.25) is 0 Å². The number of carbonyl (C=O) groups excluding carboxylic acids is 1. The third-order valence-electron chi connectivity index (χ3n) is 4.07.